The highest BCUT2D eigenvalue weighted by atomic mass is 16.5. The van der Waals surface area contributed by atoms with Crippen LogP contribution in [0, 0.1) is 5.41 Å². The minimum Gasteiger partial charge on any atom is -0.493 e. The zero-order valence-corrected chi connectivity index (χ0v) is 15.3. The molecule has 0 unspecified atom stereocenters. The Kier molecular flexibility index (Phi) is 7.06. The van der Waals surface area contributed by atoms with Crippen molar-refractivity contribution in [3.8, 4) is 11.5 Å². The van der Waals surface area contributed by atoms with Crippen LogP contribution in [0.3, 0.4) is 0 Å². The molecule has 2 rings (SSSR count). The smallest absolute Gasteiger partial charge is 0.311 e. The topological polar surface area (TPSA) is 84.9 Å². The lowest BCUT2D eigenvalue weighted by molar-refractivity contribution is -0.151. The quantitative estimate of drug-likeness (QED) is 0.661. The number of ether oxygens (including phenoxy) is 2. The van der Waals surface area contributed by atoms with Gasteiger partial charge in [-0.25, -0.2) is 0 Å². The van der Waals surface area contributed by atoms with Crippen LogP contribution < -0.4 is 14.8 Å². The minimum absolute atomic E-state index is 0.139. The van der Waals surface area contributed by atoms with Crippen LogP contribution in [0.2, 0.25) is 0 Å². The number of hydrogen-bond donors (Lipinski definition) is 2. The molecule has 26 heavy (non-hydrogen) atoms. The SMILES string of the molecule is C=CCc1ccc(OCC(=O)NCC2(C(=O)O)CCCCC2)c(OC)c1. The van der Waals surface area contributed by atoms with Crippen molar-refractivity contribution in [1.29, 1.82) is 0 Å². The van der Waals surface area contributed by atoms with Gasteiger partial charge in [0.2, 0.25) is 0 Å². The molecule has 1 fully saturated rings. The molecule has 1 saturated carbocycles. The summed E-state index contributed by atoms with van der Waals surface area (Å²) in [6.45, 7) is 3.65. The lowest BCUT2D eigenvalue weighted by Gasteiger charge is -2.33. The Labute approximate surface area is 154 Å². The van der Waals surface area contributed by atoms with Crippen molar-refractivity contribution in [3.63, 3.8) is 0 Å². The van der Waals surface area contributed by atoms with E-state index in [9.17, 15) is 14.7 Å². The highest BCUT2D eigenvalue weighted by Crippen LogP contribution is 2.36. The van der Waals surface area contributed by atoms with Crippen LogP contribution in [-0.2, 0) is 16.0 Å². The summed E-state index contributed by atoms with van der Waals surface area (Å²) in [5, 5.41) is 12.3. The maximum atomic E-state index is 12.1. The molecule has 0 heterocycles. The number of carbonyl (C=O) groups is 2. The predicted octanol–water partition coefficient (Wildman–Crippen LogP) is 2.95. The standard InChI is InChI=1S/C20H27NO5/c1-3-7-15-8-9-16(17(12-15)25-2)26-13-18(22)21-14-20(19(23)24)10-5-4-6-11-20/h3,8-9,12H,1,4-7,10-11,13-14H2,2H3,(H,21,22)(H,23,24). The number of nitrogens with one attached hydrogen (secondary N) is 1. The van der Waals surface area contributed by atoms with E-state index in [1.807, 2.05) is 12.1 Å². The molecule has 0 atom stereocenters. The van der Waals surface area contributed by atoms with Crippen LogP contribution in [0.1, 0.15) is 37.7 Å². The van der Waals surface area contributed by atoms with Crippen molar-refractivity contribution >= 4 is 11.9 Å². The molecule has 1 aliphatic rings. The Morgan fingerprint density at radius 3 is 2.62 bits per heavy atom. The Morgan fingerprint density at radius 1 is 1.27 bits per heavy atom. The van der Waals surface area contributed by atoms with E-state index in [0.717, 1.165) is 24.8 Å². The number of carbonyl (C=O) groups excluding carboxylic acids is 1. The molecule has 142 valence electrons. The summed E-state index contributed by atoms with van der Waals surface area (Å²) < 4.78 is 10.8. The Bertz CT molecular complexity index is 650. The number of amides is 1. The third-order valence-corrected chi connectivity index (χ3v) is 4.86. The third kappa shape index (κ3) is 5.00. The van der Waals surface area contributed by atoms with Gasteiger partial charge in [-0.1, -0.05) is 31.4 Å². The lowest BCUT2D eigenvalue weighted by atomic mass is 9.74. The number of hydrogen-bond acceptors (Lipinski definition) is 4. The van der Waals surface area contributed by atoms with Gasteiger partial charge in [0.05, 0.1) is 12.5 Å². The number of carboxylic acids is 1. The molecule has 0 spiro atoms. The second-order valence-corrected chi connectivity index (χ2v) is 6.69. The van der Waals surface area contributed by atoms with Crippen LogP contribution in [-0.4, -0.2) is 37.2 Å². The first-order valence-electron chi connectivity index (χ1n) is 8.91. The van der Waals surface area contributed by atoms with Gasteiger partial charge in [0.1, 0.15) is 0 Å². The summed E-state index contributed by atoms with van der Waals surface area (Å²) in [5.74, 6) is -0.154. The number of benzene rings is 1. The maximum absolute atomic E-state index is 12.1. The summed E-state index contributed by atoms with van der Waals surface area (Å²) in [4.78, 5) is 23.7. The molecule has 2 N–H and O–H groups in total. The zero-order valence-electron chi connectivity index (χ0n) is 15.3. The summed E-state index contributed by atoms with van der Waals surface area (Å²) in [7, 11) is 1.54. The van der Waals surface area contributed by atoms with E-state index in [4.69, 9.17) is 9.47 Å². The fourth-order valence-corrected chi connectivity index (χ4v) is 3.28. The molecular weight excluding hydrogens is 334 g/mol. The normalized spacial score (nSPS) is 15.7. The number of methoxy groups -OCH3 is 1. The largest absolute Gasteiger partial charge is 0.493 e. The van der Waals surface area contributed by atoms with E-state index < -0.39 is 11.4 Å². The van der Waals surface area contributed by atoms with E-state index in [0.29, 0.717) is 30.8 Å². The predicted molar refractivity (Wildman–Crippen MR) is 98.6 cm³/mol. The minimum atomic E-state index is -0.849. The Morgan fingerprint density at radius 2 is 2.00 bits per heavy atom. The molecule has 0 aromatic heterocycles. The molecule has 1 aliphatic carbocycles. The van der Waals surface area contributed by atoms with E-state index >= 15 is 0 Å². The molecule has 1 aromatic carbocycles. The number of allylic oxidation sites excluding steroid dienone is 1. The summed E-state index contributed by atoms with van der Waals surface area (Å²) in [6, 6.07) is 5.49. The van der Waals surface area contributed by atoms with E-state index in [2.05, 4.69) is 11.9 Å². The number of carboxylic acid groups (broad SMARTS) is 1. The van der Waals surface area contributed by atoms with Crippen molar-refractivity contribution in [2.45, 2.75) is 38.5 Å². The van der Waals surface area contributed by atoms with Crippen LogP contribution >= 0.6 is 0 Å². The van der Waals surface area contributed by atoms with Gasteiger partial charge in [-0.15, -0.1) is 6.58 Å². The van der Waals surface area contributed by atoms with E-state index in [-0.39, 0.29) is 19.1 Å². The maximum Gasteiger partial charge on any atom is 0.311 e. The van der Waals surface area contributed by atoms with Crippen LogP contribution in [0.25, 0.3) is 0 Å². The highest BCUT2D eigenvalue weighted by molar-refractivity contribution is 5.80. The molecule has 6 heteroatoms. The fourth-order valence-electron chi connectivity index (χ4n) is 3.28. The second kappa shape index (κ2) is 9.27. The van der Waals surface area contributed by atoms with Crippen molar-refractivity contribution in [2.75, 3.05) is 20.3 Å². The van der Waals surface area contributed by atoms with Crippen LogP contribution in [0.4, 0.5) is 0 Å². The van der Waals surface area contributed by atoms with Gasteiger partial charge in [0.25, 0.3) is 5.91 Å². The van der Waals surface area contributed by atoms with Crippen molar-refractivity contribution in [2.24, 2.45) is 5.41 Å². The van der Waals surface area contributed by atoms with Gasteiger partial charge >= 0.3 is 5.97 Å². The van der Waals surface area contributed by atoms with E-state index in [1.165, 1.54) is 0 Å². The van der Waals surface area contributed by atoms with Crippen LogP contribution in [0.5, 0.6) is 11.5 Å². The third-order valence-electron chi connectivity index (χ3n) is 4.86. The molecule has 1 aromatic rings. The van der Waals surface area contributed by atoms with Crippen molar-refractivity contribution in [1.82, 2.24) is 5.32 Å². The Hall–Kier alpha value is -2.50. The van der Waals surface area contributed by atoms with Crippen LogP contribution in [0.15, 0.2) is 30.9 Å². The first-order valence-corrected chi connectivity index (χ1v) is 8.91. The molecule has 0 bridgehead atoms. The first kappa shape index (κ1) is 19.8. The monoisotopic (exact) mass is 361 g/mol. The zero-order chi connectivity index (χ0) is 19.0. The molecule has 0 aliphatic heterocycles. The van der Waals surface area contributed by atoms with Crippen molar-refractivity contribution in [3.05, 3.63) is 36.4 Å². The number of rotatable bonds is 9. The molecule has 0 radical (unpaired) electrons. The van der Waals surface area contributed by atoms with Crippen molar-refractivity contribution < 1.29 is 24.2 Å². The van der Waals surface area contributed by atoms with E-state index in [1.54, 1.807) is 19.3 Å². The van der Waals surface area contributed by atoms with Gasteiger partial charge < -0.3 is 19.9 Å². The summed E-state index contributed by atoms with van der Waals surface area (Å²) >= 11 is 0. The fraction of sp³-hybridized carbons (Fsp3) is 0.500. The van der Waals surface area contributed by atoms with Gasteiger partial charge in [-0.05, 0) is 37.0 Å². The highest BCUT2D eigenvalue weighted by Gasteiger charge is 2.39. The van der Waals surface area contributed by atoms with Gasteiger partial charge in [0, 0.05) is 6.54 Å². The molecule has 1 amide bonds. The van der Waals surface area contributed by atoms with Gasteiger partial charge in [0.15, 0.2) is 18.1 Å². The molecule has 0 saturated heterocycles. The van der Waals surface area contributed by atoms with Gasteiger partial charge in [-0.2, -0.15) is 0 Å². The molecular formula is C20H27NO5. The Balaban J connectivity index is 1.90. The van der Waals surface area contributed by atoms with Gasteiger partial charge in [-0.3, -0.25) is 9.59 Å². The average Bonchev–Trinajstić information content (AvgIpc) is 2.66. The summed E-state index contributed by atoms with van der Waals surface area (Å²) in [6.07, 6.45) is 6.53. The average molecular weight is 361 g/mol. The second-order valence-electron chi connectivity index (χ2n) is 6.69. The number of aliphatic carboxylic acids is 1. The molecule has 6 nitrogen and oxygen atoms in total. The summed E-state index contributed by atoms with van der Waals surface area (Å²) in [5.41, 5.74) is 0.187. The first-order chi connectivity index (χ1) is 12.5. The lowest BCUT2D eigenvalue weighted by Crippen LogP contribution is -2.45.